The summed E-state index contributed by atoms with van der Waals surface area (Å²) < 4.78 is 5.57. The Hall–Kier alpha value is -2.30. The summed E-state index contributed by atoms with van der Waals surface area (Å²) in [5, 5.41) is 13.6. The highest BCUT2D eigenvalue weighted by molar-refractivity contribution is 5.85. The first-order valence-electron chi connectivity index (χ1n) is 10.2. The molecule has 0 saturated carbocycles. The van der Waals surface area contributed by atoms with E-state index in [1.54, 1.807) is 7.11 Å². The van der Waals surface area contributed by atoms with E-state index < -0.39 is 5.60 Å². The van der Waals surface area contributed by atoms with Crippen LogP contribution in [-0.2, 0) is 24.7 Å². The second-order valence-corrected chi connectivity index (χ2v) is 8.96. The molecule has 144 valence electrons. The van der Waals surface area contributed by atoms with Gasteiger partial charge in [-0.25, -0.2) is 0 Å². The molecule has 0 radical (unpaired) electrons. The topological polar surface area (TPSA) is 48.5 Å². The summed E-state index contributed by atoms with van der Waals surface area (Å²) in [7, 11) is 3.90. The van der Waals surface area contributed by atoms with Crippen LogP contribution in [0.1, 0.15) is 28.8 Å². The molecule has 3 aromatic rings. The van der Waals surface area contributed by atoms with Crippen LogP contribution in [0.25, 0.3) is 10.9 Å². The molecule has 1 fully saturated rings. The molecule has 2 bridgehead atoms. The third-order valence-corrected chi connectivity index (χ3v) is 7.88. The number of rotatable bonds is 1. The molecule has 0 spiro atoms. The number of aromatic amines is 1. The molecule has 1 aliphatic heterocycles. The van der Waals surface area contributed by atoms with Gasteiger partial charge in [-0.05, 0) is 61.3 Å². The van der Waals surface area contributed by atoms with Crippen LogP contribution in [0.15, 0.2) is 42.5 Å². The lowest BCUT2D eigenvalue weighted by molar-refractivity contribution is -0.144. The Bertz CT molecular complexity index is 1100. The first kappa shape index (κ1) is 16.6. The van der Waals surface area contributed by atoms with Gasteiger partial charge < -0.3 is 19.7 Å². The van der Waals surface area contributed by atoms with E-state index in [1.165, 1.54) is 33.3 Å². The summed E-state index contributed by atoms with van der Waals surface area (Å²) >= 11 is 0. The molecule has 0 unspecified atom stereocenters. The predicted molar refractivity (Wildman–Crippen MR) is 110 cm³/mol. The Morgan fingerprint density at radius 2 is 2.04 bits per heavy atom. The van der Waals surface area contributed by atoms with Gasteiger partial charge in [-0.1, -0.05) is 24.3 Å². The van der Waals surface area contributed by atoms with Gasteiger partial charge in [-0.15, -0.1) is 0 Å². The van der Waals surface area contributed by atoms with Crippen LogP contribution in [-0.4, -0.2) is 47.3 Å². The first-order valence-corrected chi connectivity index (χ1v) is 10.2. The Morgan fingerprint density at radius 3 is 2.89 bits per heavy atom. The third kappa shape index (κ3) is 1.88. The monoisotopic (exact) mass is 374 g/mol. The van der Waals surface area contributed by atoms with E-state index in [4.69, 9.17) is 4.74 Å². The number of likely N-dealkylation sites (tertiary alicyclic amines) is 1. The number of nitrogens with zero attached hydrogens (tertiary/aromatic N) is 1. The minimum Gasteiger partial charge on any atom is -0.497 e. The molecule has 1 saturated heterocycles. The van der Waals surface area contributed by atoms with E-state index in [1.807, 2.05) is 0 Å². The number of likely N-dealkylation sites (N-methyl/N-ethyl adjacent to an activating group) is 1. The SMILES string of the molecule is COc1ccc2c(c1)[C@@]13CCN(C)[C@@H](C2)[C@]1(O)Cc1c([nH]c2ccccc12)C3. The zero-order valence-corrected chi connectivity index (χ0v) is 16.5. The second kappa shape index (κ2) is 5.40. The molecule has 6 rings (SSSR count). The highest BCUT2D eigenvalue weighted by Crippen LogP contribution is 2.57. The van der Waals surface area contributed by atoms with Crippen LogP contribution in [0.2, 0.25) is 0 Å². The first-order chi connectivity index (χ1) is 13.6. The fourth-order valence-electron chi connectivity index (χ4n) is 6.43. The van der Waals surface area contributed by atoms with Crippen molar-refractivity contribution in [3.63, 3.8) is 0 Å². The number of H-pyrrole nitrogens is 1. The van der Waals surface area contributed by atoms with Crippen molar-refractivity contribution in [1.29, 1.82) is 0 Å². The average molecular weight is 374 g/mol. The van der Waals surface area contributed by atoms with Gasteiger partial charge >= 0.3 is 0 Å². The Balaban J connectivity index is 1.63. The molecule has 4 heteroatoms. The molecule has 3 atom stereocenters. The zero-order chi connectivity index (χ0) is 19.1. The minimum atomic E-state index is -0.767. The molecule has 4 nitrogen and oxygen atoms in total. The second-order valence-electron chi connectivity index (χ2n) is 8.96. The van der Waals surface area contributed by atoms with Crippen molar-refractivity contribution in [3.05, 3.63) is 64.8 Å². The van der Waals surface area contributed by atoms with Gasteiger partial charge in [0.15, 0.2) is 0 Å². The van der Waals surface area contributed by atoms with E-state index in [-0.39, 0.29) is 11.5 Å². The maximum Gasteiger partial charge on any atom is 0.119 e. The maximum absolute atomic E-state index is 12.4. The van der Waals surface area contributed by atoms with Gasteiger partial charge in [-0.2, -0.15) is 0 Å². The Labute approximate surface area is 165 Å². The normalized spacial score (nSPS) is 31.2. The summed E-state index contributed by atoms with van der Waals surface area (Å²) in [5.74, 6) is 0.885. The van der Waals surface area contributed by atoms with Gasteiger partial charge in [-0.3, -0.25) is 0 Å². The maximum atomic E-state index is 12.4. The van der Waals surface area contributed by atoms with E-state index in [2.05, 4.69) is 59.4 Å². The molecule has 28 heavy (non-hydrogen) atoms. The molecule has 2 aliphatic carbocycles. The number of hydrogen-bond acceptors (Lipinski definition) is 3. The highest BCUT2D eigenvalue weighted by atomic mass is 16.5. The van der Waals surface area contributed by atoms with Crippen LogP contribution < -0.4 is 4.74 Å². The number of nitrogens with one attached hydrogen (secondary N) is 1. The summed E-state index contributed by atoms with van der Waals surface area (Å²) in [6.45, 7) is 1.01. The van der Waals surface area contributed by atoms with Crippen LogP contribution in [0.5, 0.6) is 5.75 Å². The van der Waals surface area contributed by atoms with Gasteiger partial charge in [0.05, 0.1) is 12.7 Å². The van der Waals surface area contributed by atoms with Gasteiger partial charge in [0, 0.05) is 40.9 Å². The van der Waals surface area contributed by atoms with Gasteiger partial charge in [0.2, 0.25) is 0 Å². The number of para-hydroxylation sites is 1. The van der Waals surface area contributed by atoms with Crippen LogP contribution in [0.3, 0.4) is 0 Å². The van der Waals surface area contributed by atoms with Crippen LogP contribution >= 0.6 is 0 Å². The standard InChI is InChI=1S/C24H26N2O2/c1-26-10-9-23-14-21-18(17-5-3-4-6-20(17)25-21)13-24(23,27)22(26)11-15-7-8-16(28-2)12-19(15)23/h3-8,12,22,25,27H,9-11,13-14H2,1-2H3/t22-,23-,24+/m0/s1. The smallest absolute Gasteiger partial charge is 0.119 e. The van der Waals surface area contributed by atoms with Gasteiger partial charge in [0.25, 0.3) is 0 Å². The minimum absolute atomic E-state index is 0.143. The number of fused-ring (bicyclic) bond motifs is 4. The quantitative estimate of drug-likeness (QED) is 0.688. The molecular weight excluding hydrogens is 348 g/mol. The van der Waals surface area contributed by atoms with Crippen molar-refractivity contribution in [1.82, 2.24) is 9.88 Å². The molecule has 3 aliphatic rings. The van der Waals surface area contributed by atoms with E-state index >= 15 is 0 Å². The van der Waals surface area contributed by atoms with Crippen molar-refractivity contribution in [3.8, 4) is 5.75 Å². The van der Waals surface area contributed by atoms with E-state index in [0.29, 0.717) is 6.42 Å². The number of aliphatic hydroxyl groups is 1. The number of methoxy groups -OCH3 is 1. The van der Waals surface area contributed by atoms with E-state index in [9.17, 15) is 5.11 Å². The molecule has 2 heterocycles. The van der Waals surface area contributed by atoms with Crippen molar-refractivity contribution in [2.24, 2.45) is 0 Å². The van der Waals surface area contributed by atoms with Crippen LogP contribution in [0, 0.1) is 0 Å². The average Bonchev–Trinajstić information content (AvgIpc) is 3.05. The largest absolute Gasteiger partial charge is 0.497 e. The summed E-state index contributed by atoms with van der Waals surface area (Å²) in [4.78, 5) is 6.06. The molecule has 2 N–H and O–H groups in total. The summed E-state index contributed by atoms with van der Waals surface area (Å²) in [6, 6.07) is 15.1. The molecular formula is C24H26N2O2. The number of piperidine rings is 1. The number of ether oxygens (including phenoxy) is 1. The summed E-state index contributed by atoms with van der Waals surface area (Å²) in [6.07, 6.45) is 3.42. The number of aromatic nitrogens is 1. The fourth-order valence-corrected chi connectivity index (χ4v) is 6.43. The lowest BCUT2D eigenvalue weighted by Gasteiger charge is -2.63. The lowest BCUT2D eigenvalue weighted by atomic mass is 9.49. The number of benzene rings is 2. The van der Waals surface area contributed by atoms with Crippen molar-refractivity contribution in [2.45, 2.75) is 42.7 Å². The van der Waals surface area contributed by atoms with E-state index in [0.717, 1.165) is 31.6 Å². The Morgan fingerprint density at radius 1 is 1.18 bits per heavy atom. The predicted octanol–water partition coefficient (Wildman–Crippen LogP) is 3.20. The molecule has 1 aromatic heterocycles. The van der Waals surface area contributed by atoms with Crippen molar-refractivity contribution in [2.75, 3.05) is 20.7 Å². The van der Waals surface area contributed by atoms with Gasteiger partial charge in [0.1, 0.15) is 5.75 Å². The Kier molecular flexibility index (Phi) is 3.21. The van der Waals surface area contributed by atoms with Crippen molar-refractivity contribution >= 4 is 10.9 Å². The lowest BCUT2D eigenvalue weighted by Crippen LogP contribution is -2.73. The highest BCUT2D eigenvalue weighted by Gasteiger charge is 2.64. The third-order valence-electron chi connectivity index (χ3n) is 7.88. The molecule has 0 amide bonds. The zero-order valence-electron chi connectivity index (χ0n) is 16.5. The number of hydrogen-bond donors (Lipinski definition) is 2. The fraction of sp³-hybridized carbons (Fsp3) is 0.417. The summed E-state index contributed by atoms with van der Waals surface area (Å²) in [5.41, 5.74) is 5.41. The van der Waals surface area contributed by atoms with Crippen LogP contribution in [0.4, 0.5) is 0 Å². The molecule has 2 aromatic carbocycles. The van der Waals surface area contributed by atoms with Crippen molar-refractivity contribution < 1.29 is 9.84 Å².